The highest BCUT2D eigenvalue weighted by Gasteiger charge is 2.33. The number of methoxy groups -OCH3 is 2. The van der Waals surface area contributed by atoms with Crippen LogP contribution in [-0.4, -0.2) is 50.1 Å². The van der Waals surface area contributed by atoms with E-state index in [2.05, 4.69) is 10.7 Å². The fraction of sp³-hybridized carbons (Fsp3) is 0.400. The number of alkyl halides is 3. The zero-order valence-electron chi connectivity index (χ0n) is 23.0. The molecule has 1 aliphatic heterocycles. The van der Waals surface area contributed by atoms with E-state index in [1.165, 1.54) is 31.3 Å². The Morgan fingerprint density at radius 3 is 2.46 bits per heavy atom. The molecule has 2 heterocycles. The highest BCUT2D eigenvalue weighted by atomic mass is 32.1. The molecule has 1 N–H and O–H groups in total. The van der Waals surface area contributed by atoms with Gasteiger partial charge in [-0.1, -0.05) is 18.2 Å². The number of nitrogens with zero attached hydrogens (tertiary/aromatic N) is 1. The molecule has 2 aromatic carbocycles. The number of halogens is 3. The molecule has 1 aliphatic rings. The van der Waals surface area contributed by atoms with Gasteiger partial charge >= 0.3 is 6.18 Å². The quantitative estimate of drug-likeness (QED) is 0.313. The van der Waals surface area contributed by atoms with Gasteiger partial charge in [-0.2, -0.15) is 24.5 Å². The van der Waals surface area contributed by atoms with Gasteiger partial charge in [-0.05, 0) is 71.0 Å². The highest BCUT2D eigenvalue weighted by Crippen LogP contribution is 2.39. The van der Waals surface area contributed by atoms with Crippen LogP contribution in [0, 0.1) is 0 Å². The number of thiophene rings is 1. The summed E-state index contributed by atoms with van der Waals surface area (Å²) in [6, 6.07) is 9.40. The Morgan fingerprint density at radius 1 is 1.05 bits per heavy atom. The summed E-state index contributed by atoms with van der Waals surface area (Å²) < 4.78 is 57.0. The van der Waals surface area contributed by atoms with Gasteiger partial charge in [0.1, 0.15) is 6.04 Å². The number of carbonyl (C=O) groups is 2. The number of rotatable bonds is 11. The Kier molecular flexibility index (Phi) is 10.1. The van der Waals surface area contributed by atoms with E-state index in [4.69, 9.17) is 14.2 Å². The molecule has 41 heavy (non-hydrogen) atoms. The minimum Gasteiger partial charge on any atom is -0.493 e. The third-order valence-corrected chi connectivity index (χ3v) is 7.64. The van der Waals surface area contributed by atoms with Crippen molar-refractivity contribution in [3.8, 4) is 17.2 Å². The Labute approximate surface area is 241 Å². The molecule has 220 valence electrons. The molecule has 0 bridgehead atoms. The summed E-state index contributed by atoms with van der Waals surface area (Å²) in [4.78, 5) is 28.1. The lowest BCUT2D eigenvalue weighted by molar-refractivity contribution is -0.141. The van der Waals surface area contributed by atoms with Crippen molar-refractivity contribution in [3.63, 3.8) is 0 Å². The van der Waals surface area contributed by atoms with Crippen LogP contribution in [-0.2, 0) is 35.2 Å². The minimum atomic E-state index is -4.53. The van der Waals surface area contributed by atoms with Crippen molar-refractivity contribution < 1.29 is 37.0 Å². The summed E-state index contributed by atoms with van der Waals surface area (Å²) in [7, 11) is 3.00. The van der Waals surface area contributed by atoms with Crippen molar-refractivity contribution >= 4 is 23.2 Å². The van der Waals surface area contributed by atoms with E-state index in [0.717, 1.165) is 30.5 Å². The molecule has 1 atom stereocenters. The third-order valence-electron chi connectivity index (χ3n) is 6.90. The van der Waals surface area contributed by atoms with Gasteiger partial charge in [-0.3, -0.25) is 9.59 Å². The van der Waals surface area contributed by atoms with Gasteiger partial charge in [0.25, 0.3) is 0 Å². The molecular weight excluding hydrogens is 557 g/mol. The van der Waals surface area contributed by atoms with Crippen LogP contribution in [0.2, 0.25) is 0 Å². The van der Waals surface area contributed by atoms with Crippen molar-refractivity contribution in [2.75, 3.05) is 27.4 Å². The molecule has 2 amide bonds. The molecule has 7 nitrogen and oxygen atoms in total. The second-order valence-electron chi connectivity index (χ2n) is 9.76. The third kappa shape index (κ3) is 7.93. The van der Waals surface area contributed by atoms with Crippen molar-refractivity contribution in [1.82, 2.24) is 10.2 Å². The van der Waals surface area contributed by atoms with Crippen molar-refractivity contribution in [2.45, 2.75) is 50.9 Å². The number of hydrogen-bond donors (Lipinski definition) is 1. The van der Waals surface area contributed by atoms with Crippen LogP contribution in [0.3, 0.4) is 0 Å². The number of benzene rings is 2. The molecular formula is C30H33F3N2O5S. The lowest BCUT2D eigenvalue weighted by atomic mass is 10.0. The second kappa shape index (κ2) is 13.8. The van der Waals surface area contributed by atoms with Crippen LogP contribution in [0.25, 0.3) is 0 Å². The Hall–Kier alpha value is -3.73. The summed E-state index contributed by atoms with van der Waals surface area (Å²) in [5, 5.41) is 6.90. The number of ether oxygens (including phenoxy) is 3. The molecule has 4 rings (SSSR count). The summed E-state index contributed by atoms with van der Waals surface area (Å²) in [5.74, 6) is 0.483. The number of hydrogen-bond acceptors (Lipinski definition) is 6. The lowest BCUT2D eigenvalue weighted by Gasteiger charge is -2.31. The van der Waals surface area contributed by atoms with Crippen LogP contribution in [0.5, 0.6) is 17.2 Å². The van der Waals surface area contributed by atoms with Crippen LogP contribution < -0.4 is 19.5 Å². The van der Waals surface area contributed by atoms with Gasteiger partial charge in [0.15, 0.2) is 11.5 Å². The van der Waals surface area contributed by atoms with Gasteiger partial charge in [0.2, 0.25) is 17.6 Å². The van der Waals surface area contributed by atoms with E-state index in [9.17, 15) is 22.8 Å². The topological polar surface area (TPSA) is 77.1 Å². The van der Waals surface area contributed by atoms with E-state index < -0.39 is 23.7 Å². The highest BCUT2D eigenvalue weighted by molar-refractivity contribution is 7.07. The van der Waals surface area contributed by atoms with Crippen LogP contribution in [0.4, 0.5) is 13.2 Å². The lowest BCUT2D eigenvalue weighted by Crippen LogP contribution is -2.48. The first-order chi connectivity index (χ1) is 19.7. The Bertz CT molecular complexity index is 1300. The maximum absolute atomic E-state index is 13.6. The van der Waals surface area contributed by atoms with Gasteiger partial charge in [0.05, 0.1) is 32.8 Å². The van der Waals surface area contributed by atoms with Gasteiger partial charge < -0.3 is 24.4 Å². The first-order valence-corrected chi connectivity index (χ1v) is 14.3. The normalized spacial score (nSPS) is 15.5. The Balaban J connectivity index is 1.60. The first kappa shape index (κ1) is 30.2. The van der Waals surface area contributed by atoms with Crippen molar-refractivity contribution in [3.05, 3.63) is 75.5 Å². The number of nitrogens with one attached hydrogen (secondary N) is 1. The average molecular weight is 591 g/mol. The van der Waals surface area contributed by atoms with E-state index in [-0.39, 0.29) is 24.4 Å². The zero-order valence-corrected chi connectivity index (χ0v) is 23.8. The SMILES string of the molecule is COc1cc(CN(C(=O)Cc2cccc(C(F)(F)F)c2)[C@H]2CCCCNC2=O)cc(OC)c1OCCc1ccsc1. The molecule has 0 aliphatic carbocycles. The van der Waals surface area contributed by atoms with E-state index in [1.807, 2.05) is 11.4 Å². The van der Waals surface area contributed by atoms with Gasteiger partial charge in [0, 0.05) is 19.5 Å². The molecule has 1 aromatic heterocycles. The summed E-state index contributed by atoms with van der Waals surface area (Å²) in [6.45, 7) is 0.925. The van der Waals surface area contributed by atoms with Crippen molar-refractivity contribution in [1.29, 1.82) is 0 Å². The zero-order chi connectivity index (χ0) is 29.4. The van der Waals surface area contributed by atoms with Crippen LogP contribution >= 0.6 is 11.3 Å². The van der Waals surface area contributed by atoms with Gasteiger partial charge in [-0.25, -0.2) is 0 Å². The predicted octanol–water partition coefficient (Wildman–Crippen LogP) is 5.65. The van der Waals surface area contributed by atoms with Gasteiger partial charge in [-0.15, -0.1) is 0 Å². The minimum absolute atomic E-state index is 0.0256. The molecule has 0 spiro atoms. The summed E-state index contributed by atoms with van der Waals surface area (Å²) in [6.07, 6.45) is -2.17. The maximum atomic E-state index is 13.6. The average Bonchev–Trinajstić information content (AvgIpc) is 3.38. The van der Waals surface area contributed by atoms with Crippen LogP contribution in [0.1, 0.15) is 41.5 Å². The second-order valence-corrected chi connectivity index (χ2v) is 10.5. The van der Waals surface area contributed by atoms with E-state index in [1.54, 1.807) is 23.5 Å². The molecule has 1 saturated heterocycles. The van der Waals surface area contributed by atoms with E-state index >= 15 is 0 Å². The van der Waals surface area contributed by atoms with Crippen molar-refractivity contribution in [2.24, 2.45) is 0 Å². The molecule has 11 heteroatoms. The molecule has 1 fully saturated rings. The monoisotopic (exact) mass is 590 g/mol. The summed E-state index contributed by atoms with van der Waals surface area (Å²) in [5.41, 5.74) is 1.17. The number of carbonyl (C=O) groups excluding carboxylic acids is 2. The molecule has 0 unspecified atom stereocenters. The molecule has 3 aromatic rings. The fourth-order valence-electron chi connectivity index (χ4n) is 4.80. The smallest absolute Gasteiger partial charge is 0.416 e. The maximum Gasteiger partial charge on any atom is 0.416 e. The first-order valence-electron chi connectivity index (χ1n) is 13.3. The Morgan fingerprint density at radius 2 is 1.80 bits per heavy atom. The van der Waals surface area contributed by atoms with E-state index in [0.29, 0.717) is 48.8 Å². The molecule has 0 saturated carbocycles. The molecule has 0 radical (unpaired) electrons. The van der Waals surface area contributed by atoms with Crippen LogP contribution in [0.15, 0.2) is 53.2 Å². The fourth-order valence-corrected chi connectivity index (χ4v) is 5.50. The number of amides is 2. The standard InChI is InChI=1S/C30H33F3N2O5S/c1-38-25-15-22(16-26(39-2)28(25)40-12-9-20-10-13-41-19-20)18-35(24-8-3-4-11-34-29(24)37)27(36)17-21-6-5-7-23(14-21)30(31,32)33/h5-7,10,13-16,19,24H,3-4,8-9,11-12,17-18H2,1-2H3,(H,34,37)/t24-/m0/s1. The predicted molar refractivity (Wildman–Crippen MR) is 149 cm³/mol. The largest absolute Gasteiger partial charge is 0.493 e. The summed E-state index contributed by atoms with van der Waals surface area (Å²) >= 11 is 1.61.